The highest BCUT2D eigenvalue weighted by Gasteiger charge is 2.16. The smallest absolute Gasteiger partial charge is 0.0972 e. The molecule has 254 valence electrons. The average molecular weight is 708 g/mol. The Kier molecular flexibility index (Phi) is 8.08. The Hall–Kier alpha value is -6.75. The van der Waals surface area contributed by atoms with Gasteiger partial charge in [-0.1, -0.05) is 170 Å². The maximum Gasteiger partial charge on any atom is 0.0972 e. The molecule has 0 N–H and O–H groups in total. The summed E-state index contributed by atoms with van der Waals surface area (Å²) in [6, 6.07) is 64.5. The van der Waals surface area contributed by atoms with Crippen molar-refractivity contribution < 1.29 is 0 Å². The number of pyridine rings is 2. The molecule has 0 atom stereocenters. The minimum Gasteiger partial charge on any atom is -0.254 e. The van der Waals surface area contributed by atoms with Gasteiger partial charge >= 0.3 is 0 Å². The number of hydrogen-bond donors (Lipinski definition) is 1. The Balaban J connectivity index is 1.01. The minimum absolute atomic E-state index is 0.925. The Bertz CT molecular complexity index is 2950. The van der Waals surface area contributed by atoms with Crippen LogP contribution in [0.4, 0.5) is 0 Å². The molecule has 4 heteroatoms. The van der Waals surface area contributed by atoms with E-state index in [4.69, 9.17) is 9.98 Å². The summed E-state index contributed by atoms with van der Waals surface area (Å²) in [6.45, 7) is 0. The zero-order valence-electron chi connectivity index (χ0n) is 29.3. The minimum atomic E-state index is 0.925. The van der Waals surface area contributed by atoms with E-state index in [0.717, 1.165) is 71.8 Å². The van der Waals surface area contributed by atoms with Crippen molar-refractivity contribution in [2.45, 2.75) is 0 Å². The van der Waals surface area contributed by atoms with E-state index >= 15 is 0 Å². The molecule has 0 amide bonds. The predicted octanol–water partition coefficient (Wildman–Crippen LogP) is 12.4. The van der Waals surface area contributed by atoms with E-state index in [1.807, 2.05) is 12.3 Å². The molecular weight excluding hydrogens is 675 g/mol. The summed E-state index contributed by atoms with van der Waals surface area (Å²) in [5, 5.41) is 5.59. The molecule has 0 spiro atoms. The fourth-order valence-electron chi connectivity index (χ4n) is 7.39. The number of rotatable bonds is 6. The van der Waals surface area contributed by atoms with Crippen LogP contribution in [0, 0.1) is 0 Å². The van der Waals surface area contributed by atoms with Crippen molar-refractivity contribution >= 4 is 59.5 Å². The molecule has 0 saturated carbocycles. The molecule has 0 saturated heterocycles. The first-order chi connectivity index (χ1) is 26.7. The van der Waals surface area contributed by atoms with Crippen molar-refractivity contribution in [2.75, 3.05) is 0 Å². The third-order valence-corrected chi connectivity index (χ3v) is 11.4. The van der Waals surface area contributed by atoms with Crippen LogP contribution in [0.25, 0.3) is 71.8 Å². The second-order valence-electron chi connectivity index (χ2n) is 13.5. The molecule has 7 aromatic carbocycles. The van der Waals surface area contributed by atoms with Crippen molar-refractivity contribution in [3.05, 3.63) is 211 Å². The molecule has 0 fully saturated rings. The molecule has 1 aliphatic rings. The van der Waals surface area contributed by atoms with Crippen molar-refractivity contribution in [1.29, 1.82) is 0 Å². The van der Waals surface area contributed by atoms with Crippen molar-refractivity contribution in [2.24, 2.45) is 4.99 Å². The summed E-state index contributed by atoms with van der Waals surface area (Å²) in [4.78, 5) is 16.3. The van der Waals surface area contributed by atoms with Crippen LogP contribution in [0.5, 0.6) is 0 Å². The van der Waals surface area contributed by atoms with E-state index < -0.39 is 0 Å². The summed E-state index contributed by atoms with van der Waals surface area (Å²) in [7, 11) is 0. The van der Waals surface area contributed by atoms with Gasteiger partial charge in [-0.2, -0.15) is 0 Å². The molecule has 9 aromatic rings. The van der Waals surface area contributed by atoms with Crippen molar-refractivity contribution in [3.63, 3.8) is 0 Å². The average Bonchev–Trinajstić information content (AvgIpc) is 3.26. The fourth-order valence-corrected chi connectivity index (χ4v) is 8.52. The van der Waals surface area contributed by atoms with E-state index in [-0.39, 0.29) is 0 Å². The number of aliphatic imine (C=N–C) groups is 1. The normalized spacial score (nSPS) is 12.9. The first-order valence-corrected chi connectivity index (χ1v) is 19.0. The highest BCUT2D eigenvalue weighted by atomic mass is 32.1. The van der Waals surface area contributed by atoms with Gasteiger partial charge in [0.25, 0.3) is 0 Å². The van der Waals surface area contributed by atoms with Crippen LogP contribution in [0.15, 0.2) is 199 Å². The number of benzene rings is 7. The van der Waals surface area contributed by atoms with Crippen LogP contribution in [-0.4, -0.2) is 19.9 Å². The first kappa shape index (κ1) is 31.9. The third-order valence-electron chi connectivity index (χ3n) is 10.2. The second kappa shape index (κ2) is 13.7. The number of allylic oxidation sites excluding steroid dienone is 1. The zero-order valence-corrected chi connectivity index (χ0v) is 30.2. The summed E-state index contributed by atoms with van der Waals surface area (Å²) in [5.41, 5.74) is 13.1. The maximum absolute atomic E-state index is 5.23. The summed E-state index contributed by atoms with van der Waals surface area (Å²) in [6.07, 6.45) is 4.09. The topological polar surface area (TPSA) is 38.1 Å². The molecule has 0 radical (unpaired) electrons. The van der Waals surface area contributed by atoms with Crippen molar-refractivity contribution in [3.8, 4) is 33.5 Å². The van der Waals surface area contributed by atoms with Crippen molar-refractivity contribution in [1.82, 2.24) is 9.97 Å². The fraction of sp³-hybridized carbons (Fsp3) is 0. The number of thiol groups is 1. The van der Waals surface area contributed by atoms with E-state index in [1.165, 1.54) is 37.9 Å². The molecular formula is C50H33N3S. The maximum atomic E-state index is 5.23. The Morgan fingerprint density at radius 2 is 0.963 bits per heavy atom. The van der Waals surface area contributed by atoms with Gasteiger partial charge in [-0.25, -0.2) is 9.98 Å². The SMILES string of the molecule is C1=C(c2ccc(-c3ccc(-c4ccc5ccc6cccnc6c5n4)c4ccccc34)cc2)N=C(c2ccccc2)[SH]=C1c1ccc(-c2ccccc2)cc1. The Labute approximate surface area is 317 Å². The van der Waals surface area contributed by atoms with E-state index in [0.29, 0.717) is 0 Å². The molecule has 0 unspecified atom stereocenters. The van der Waals surface area contributed by atoms with E-state index in [1.54, 1.807) is 0 Å². The Morgan fingerprint density at radius 3 is 1.72 bits per heavy atom. The highest BCUT2D eigenvalue weighted by Crippen LogP contribution is 2.37. The summed E-state index contributed by atoms with van der Waals surface area (Å²) >= 11 is 1.09. The largest absolute Gasteiger partial charge is 0.254 e. The van der Waals surface area contributed by atoms with Crippen LogP contribution in [0.3, 0.4) is 0 Å². The number of hydrogen-bond acceptors (Lipinski definition) is 3. The number of aromatic nitrogens is 2. The molecule has 3 heterocycles. The molecule has 10 rings (SSSR count). The lowest BCUT2D eigenvalue weighted by molar-refractivity contribution is 1.37. The van der Waals surface area contributed by atoms with Gasteiger partial charge in [0, 0.05) is 38.5 Å². The predicted molar refractivity (Wildman–Crippen MR) is 231 cm³/mol. The van der Waals surface area contributed by atoms with Gasteiger partial charge in [-0.05, 0) is 56.8 Å². The third kappa shape index (κ3) is 5.93. The number of nitrogens with zero attached hydrogens (tertiary/aromatic N) is 3. The second-order valence-corrected chi connectivity index (χ2v) is 14.6. The molecule has 0 aliphatic carbocycles. The van der Waals surface area contributed by atoms with Gasteiger partial charge < -0.3 is 0 Å². The van der Waals surface area contributed by atoms with Gasteiger partial charge in [0.05, 0.1) is 27.5 Å². The van der Waals surface area contributed by atoms with E-state index in [2.05, 4.69) is 187 Å². The molecule has 2 aromatic heterocycles. The van der Waals surface area contributed by atoms with Crippen LogP contribution >= 0.6 is 11.4 Å². The van der Waals surface area contributed by atoms with Crippen LogP contribution in [0.1, 0.15) is 16.7 Å². The molecule has 54 heavy (non-hydrogen) atoms. The quantitative estimate of drug-likeness (QED) is 0.106. The van der Waals surface area contributed by atoms with E-state index in [9.17, 15) is 0 Å². The first-order valence-electron chi connectivity index (χ1n) is 18.1. The summed E-state index contributed by atoms with van der Waals surface area (Å²) in [5.74, 6) is 0. The van der Waals surface area contributed by atoms with Gasteiger partial charge in [-0.3, -0.25) is 4.98 Å². The molecule has 1 aliphatic heterocycles. The molecule has 0 bridgehead atoms. The lowest BCUT2D eigenvalue weighted by atomic mass is 9.93. The van der Waals surface area contributed by atoms with Crippen LogP contribution in [-0.2, 0) is 0 Å². The van der Waals surface area contributed by atoms with Crippen LogP contribution in [0.2, 0.25) is 0 Å². The lowest BCUT2D eigenvalue weighted by Crippen LogP contribution is -2.06. The summed E-state index contributed by atoms with van der Waals surface area (Å²) < 4.78 is 0. The zero-order chi connectivity index (χ0) is 35.8. The monoisotopic (exact) mass is 707 g/mol. The highest BCUT2D eigenvalue weighted by molar-refractivity contribution is 8.14. The lowest BCUT2D eigenvalue weighted by Gasteiger charge is -2.16. The van der Waals surface area contributed by atoms with Gasteiger partial charge in [0.15, 0.2) is 0 Å². The van der Waals surface area contributed by atoms with Gasteiger partial charge in [0.1, 0.15) is 0 Å². The van der Waals surface area contributed by atoms with Crippen LogP contribution < -0.4 is 0 Å². The standard InChI is InChI=1S/C50H33N3S/c1-3-10-33(11-4-1)34-17-23-37(24-18-34)47-32-46(53-50(54-47)40-12-5-2-6-13-40)36-21-19-35(20-22-36)41-28-29-44(43-16-8-7-15-42(41)43)45-30-27-39-26-25-38-14-9-31-51-48(38)49(39)52-45/h1-32,54H. The van der Waals surface area contributed by atoms with Gasteiger partial charge in [-0.15, -0.1) is 11.4 Å². The Morgan fingerprint density at radius 1 is 0.389 bits per heavy atom. The number of fused-ring (bicyclic) bond motifs is 4. The van der Waals surface area contributed by atoms with Gasteiger partial charge in [0.2, 0.25) is 0 Å². The molecule has 3 nitrogen and oxygen atoms in total.